The van der Waals surface area contributed by atoms with Gasteiger partial charge in [-0.3, -0.25) is 0 Å². The molecule has 0 fully saturated rings. The highest BCUT2D eigenvalue weighted by Gasteiger charge is 2.07. The van der Waals surface area contributed by atoms with Crippen LogP contribution in [0, 0.1) is 0 Å². The molecule has 0 unspecified atom stereocenters. The molecular weight excluding hydrogens is 417 g/mol. The lowest BCUT2D eigenvalue weighted by Crippen LogP contribution is -2.04. The number of hydrogen-bond donors (Lipinski definition) is 1. The van der Waals surface area contributed by atoms with E-state index >= 15 is 0 Å². The fourth-order valence-electron chi connectivity index (χ4n) is 1.05. The number of rotatable bonds is 6. The molecule has 0 atom stereocenters. The number of ether oxygens (including phenoxy) is 1. The number of hydrogen-bond acceptors (Lipinski definition) is 4. The van der Waals surface area contributed by atoms with Crippen molar-refractivity contribution < 1.29 is 9.53 Å². The maximum absolute atomic E-state index is 11.6. The minimum Gasteiger partial charge on any atom is -0.457 e. The molecule has 7 heteroatoms. The summed E-state index contributed by atoms with van der Waals surface area (Å²) in [4.78, 5) is 11.6. The van der Waals surface area contributed by atoms with Crippen LogP contribution in [0.3, 0.4) is 0 Å². The predicted molar refractivity (Wildman–Crippen MR) is 89.7 cm³/mol. The largest absolute Gasteiger partial charge is 0.457 e. The van der Waals surface area contributed by atoms with E-state index in [1.807, 2.05) is 24.3 Å². The standard InChI is InChI=1S/C12H13Br2NO2S.ClH/c13-10-3-1-9(2-4-10)7-17-12(16)11(14)8-18-6-5-15;/h1-4,8H,5-7,15H2;1H/b11-8-;. The Morgan fingerprint density at radius 2 is 2.00 bits per heavy atom. The summed E-state index contributed by atoms with van der Waals surface area (Å²) in [5, 5.41) is 1.71. The third kappa shape index (κ3) is 7.99. The Bertz CT molecular complexity index is 426. The second kappa shape index (κ2) is 10.7. The lowest BCUT2D eigenvalue weighted by molar-refractivity contribution is -0.139. The number of thioether (sulfide) groups is 1. The Morgan fingerprint density at radius 1 is 1.37 bits per heavy atom. The van der Waals surface area contributed by atoms with Gasteiger partial charge >= 0.3 is 5.97 Å². The van der Waals surface area contributed by atoms with Gasteiger partial charge in [0.2, 0.25) is 0 Å². The first-order valence-electron chi connectivity index (χ1n) is 5.22. The Labute approximate surface area is 140 Å². The molecule has 0 spiro atoms. The molecular formula is C12H14Br2ClNO2S. The van der Waals surface area contributed by atoms with E-state index in [1.165, 1.54) is 11.8 Å². The fourth-order valence-corrected chi connectivity index (χ4v) is 2.32. The minimum absolute atomic E-state index is 0. The number of esters is 1. The molecule has 1 aromatic rings. The van der Waals surface area contributed by atoms with Crippen molar-refractivity contribution in [2.24, 2.45) is 5.73 Å². The van der Waals surface area contributed by atoms with Crippen LogP contribution < -0.4 is 5.73 Å². The molecule has 0 aliphatic carbocycles. The van der Waals surface area contributed by atoms with Crippen molar-refractivity contribution in [3.63, 3.8) is 0 Å². The summed E-state index contributed by atoms with van der Waals surface area (Å²) >= 11 is 8.00. The van der Waals surface area contributed by atoms with Crippen LogP contribution in [0.5, 0.6) is 0 Å². The Balaban J connectivity index is 0.00000324. The van der Waals surface area contributed by atoms with E-state index in [0.29, 0.717) is 11.0 Å². The first kappa shape index (κ1) is 19.0. The molecule has 1 aromatic carbocycles. The van der Waals surface area contributed by atoms with Gasteiger partial charge in [0.15, 0.2) is 0 Å². The highest BCUT2D eigenvalue weighted by atomic mass is 79.9. The predicted octanol–water partition coefficient (Wildman–Crippen LogP) is 3.84. The van der Waals surface area contributed by atoms with E-state index in [0.717, 1.165) is 15.8 Å². The van der Waals surface area contributed by atoms with Gasteiger partial charge in [-0.05, 0) is 39.0 Å². The summed E-state index contributed by atoms with van der Waals surface area (Å²) in [5.41, 5.74) is 6.30. The van der Waals surface area contributed by atoms with Gasteiger partial charge in [-0.2, -0.15) is 0 Å². The van der Waals surface area contributed by atoms with Crippen molar-refractivity contribution in [3.05, 3.63) is 44.2 Å². The second-order valence-corrected chi connectivity index (χ2v) is 6.08. The van der Waals surface area contributed by atoms with Gasteiger partial charge in [0.1, 0.15) is 11.1 Å². The molecule has 2 N–H and O–H groups in total. The lowest BCUT2D eigenvalue weighted by Gasteiger charge is -2.04. The van der Waals surface area contributed by atoms with Crippen LogP contribution in [0.1, 0.15) is 5.56 Å². The third-order valence-electron chi connectivity index (χ3n) is 1.90. The molecule has 0 amide bonds. The van der Waals surface area contributed by atoms with Crippen molar-refractivity contribution in [3.8, 4) is 0 Å². The van der Waals surface area contributed by atoms with E-state index < -0.39 is 0 Å². The van der Waals surface area contributed by atoms with Crippen LogP contribution in [0.25, 0.3) is 0 Å². The molecule has 0 aliphatic rings. The van der Waals surface area contributed by atoms with Gasteiger partial charge < -0.3 is 10.5 Å². The molecule has 0 aliphatic heterocycles. The van der Waals surface area contributed by atoms with E-state index in [9.17, 15) is 4.79 Å². The molecule has 106 valence electrons. The summed E-state index contributed by atoms with van der Waals surface area (Å²) in [6.45, 7) is 0.839. The van der Waals surface area contributed by atoms with Gasteiger partial charge in [0, 0.05) is 16.8 Å². The highest BCUT2D eigenvalue weighted by molar-refractivity contribution is 9.12. The molecule has 0 heterocycles. The zero-order chi connectivity index (χ0) is 13.4. The molecule has 0 aromatic heterocycles. The third-order valence-corrected chi connectivity index (χ3v) is 4.16. The number of carbonyl (C=O) groups is 1. The van der Waals surface area contributed by atoms with Crippen LogP contribution in [0.4, 0.5) is 0 Å². The van der Waals surface area contributed by atoms with Crippen molar-refractivity contribution >= 4 is 62.0 Å². The SMILES string of the molecule is Cl.NCCS/C=C(\Br)C(=O)OCc1ccc(Br)cc1. The number of carbonyl (C=O) groups excluding carboxylic acids is 1. The topological polar surface area (TPSA) is 52.3 Å². The van der Waals surface area contributed by atoms with Crippen molar-refractivity contribution in [2.75, 3.05) is 12.3 Å². The summed E-state index contributed by atoms with van der Waals surface area (Å²) in [7, 11) is 0. The Kier molecular flexibility index (Phi) is 10.7. The van der Waals surface area contributed by atoms with Crippen LogP contribution in [-0.4, -0.2) is 18.3 Å². The summed E-state index contributed by atoms with van der Waals surface area (Å²) in [5.74, 6) is 0.400. The first-order valence-corrected chi connectivity index (χ1v) is 7.86. The van der Waals surface area contributed by atoms with E-state index in [-0.39, 0.29) is 25.0 Å². The average molecular weight is 432 g/mol. The summed E-state index contributed by atoms with van der Waals surface area (Å²) in [6, 6.07) is 7.62. The fraction of sp³-hybridized carbons (Fsp3) is 0.250. The summed E-state index contributed by atoms with van der Waals surface area (Å²) in [6.07, 6.45) is 0. The molecule has 0 saturated carbocycles. The number of nitrogens with two attached hydrogens (primary N) is 1. The lowest BCUT2D eigenvalue weighted by atomic mass is 10.2. The van der Waals surface area contributed by atoms with Crippen molar-refractivity contribution in [1.29, 1.82) is 0 Å². The molecule has 3 nitrogen and oxygen atoms in total. The second-order valence-electron chi connectivity index (χ2n) is 3.33. The van der Waals surface area contributed by atoms with E-state index in [4.69, 9.17) is 10.5 Å². The van der Waals surface area contributed by atoms with E-state index in [1.54, 1.807) is 5.41 Å². The monoisotopic (exact) mass is 429 g/mol. The van der Waals surface area contributed by atoms with Crippen molar-refractivity contribution in [1.82, 2.24) is 0 Å². The Morgan fingerprint density at radius 3 is 2.58 bits per heavy atom. The number of halogens is 3. The maximum atomic E-state index is 11.6. The normalized spacial score (nSPS) is 10.8. The highest BCUT2D eigenvalue weighted by Crippen LogP contribution is 2.16. The zero-order valence-corrected chi connectivity index (χ0v) is 14.8. The minimum atomic E-state index is -0.373. The summed E-state index contributed by atoms with van der Waals surface area (Å²) < 4.78 is 6.56. The van der Waals surface area contributed by atoms with Crippen molar-refractivity contribution in [2.45, 2.75) is 6.61 Å². The Hall–Kier alpha value is -0.0100. The molecule has 0 saturated heterocycles. The van der Waals surface area contributed by atoms with E-state index in [2.05, 4.69) is 31.9 Å². The molecule has 0 bridgehead atoms. The van der Waals surface area contributed by atoms with Crippen LogP contribution in [0.15, 0.2) is 38.6 Å². The van der Waals surface area contributed by atoms with Gasteiger partial charge in [-0.1, -0.05) is 28.1 Å². The molecule has 0 radical (unpaired) electrons. The molecule has 1 rings (SSSR count). The zero-order valence-electron chi connectivity index (χ0n) is 9.97. The van der Waals surface area contributed by atoms with Gasteiger partial charge in [-0.15, -0.1) is 24.2 Å². The van der Waals surface area contributed by atoms with Gasteiger partial charge in [-0.25, -0.2) is 4.79 Å². The van der Waals surface area contributed by atoms with Gasteiger partial charge in [0.05, 0.1) is 0 Å². The van der Waals surface area contributed by atoms with Crippen LogP contribution in [-0.2, 0) is 16.1 Å². The quantitative estimate of drug-likeness (QED) is 0.422. The number of benzene rings is 1. The molecule has 19 heavy (non-hydrogen) atoms. The van der Waals surface area contributed by atoms with Crippen LogP contribution in [0.2, 0.25) is 0 Å². The smallest absolute Gasteiger partial charge is 0.346 e. The van der Waals surface area contributed by atoms with Gasteiger partial charge in [0.25, 0.3) is 0 Å². The first-order chi connectivity index (χ1) is 8.63. The maximum Gasteiger partial charge on any atom is 0.346 e. The average Bonchev–Trinajstić information content (AvgIpc) is 2.38. The van der Waals surface area contributed by atoms with Crippen LogP contribution >= 0.6 is 56.0 Å².